The smallest absolute Gasteiger partial charge is 0.0159 e. The summed E-state index contributed by atoms with van der Waals surface area (Å²) < 4.78 is 0. The van der Waals surface area contributed by atoms with Crippen molar-refractivity contribution in [2.75, 3.05) is 0 Å². The standard InChI is InChI=1S/C15H22/c1-3-6-12(7-4-2)14-9-5-8-13-10-11-15(13)14/h5,8-9,12H,3-4,6-7,10-11H2,1-2H3. The van der Waals surface area contributed by atoms with E-state index in [-0.39, 0.29) is 0 Å². The van der Waals surface area contributed by atoms with E-state index in [1.807, 2.05) is 0 Å². The SMILES string of the molecule is CCCC(CCC)c1cccc2c1CC2. The second-order valence-electron chi connectivity index (χ2n) is 4.76. The van der Waals surface area contributed by atoms with Gasteiger partial charge in [0.05, 0.1) is 0 Å². The molecule has 0 fully saturated rings. The molecule has 0 atom stereocenters. The van der Waals surface area contributed by atoms with E-state index < -0.39 is 0 Å². The molecule has 1 aliphatic rings. The van der Waals surface area contributed by atoms with E-state index in [0.29, 0.717) is 0 Å². The molecule has 0 heterocycles. The third-order valence-corrected chi connectivity index (χ3v) is 3.67. The summed E-state index contributed by atoms with van der Waals surface area (Å²) in [7, 11) is 0. The van der Waals surface area contributed by atoms with Crippen molar-refractivity contribution < 1.29 is 0 Å². The van der Waals surface area contributed by atoms with Crippen LogP contribution in [0.4, 0.5) is 0 Å². The average molecular weight is 202 g/mol. The monoisotopic (exact) mass is 202 g/mol. The number of fused-ring (bicyclic) bond motifs is 1. The highest BCUT2D eigenvalue weighted by atomic mass is 14.3. The zero-order valence-corrected chi connectivity index (χ0v) is 10.1. The molecule has 1 aromatic carbocycles. The third-order valence-electron chi connectivity index (χ3n) is 3.67. The molecule has 2 rings (SSSR count). The maximum atomic E-state index is 2.37. The van der Waals surface area contributed by atoms with Gasteiger partial charge in [-0.1, -0.05) is 44.9 Å². The zero-order valence-electron chi connectivity index (χ0n) is 10.1. The van der Waals surface area contributed by atoms with Crippen LogP contribution in [0.3, 0.4) is 0 Å². The van der Waals surface area contributed by atoms with Gasteiger partial charge in [0.15, 0.2) is 0 Å². The second-order valence-corrected chi connectivity index (χ2v) is 4.76. The summed E-state index contributed by atoms with van der Waals surface area (Å²) in [5.74, 6) is 0.829. The predicted molar refractivity (Wildman–Crippen MR) is 66.4 cm³/mol. The van der Waals surface area contributed by atoms with Gasteiger partial charge in [0, 0.05) is 0 Å². The van der Waals surface area contributed by atoms with Gasteiger partial charge in [-0.15, -0.1) is 0 Å². The Hall–Kier alpha value is -0.780. The Kier molecular flexibility index (Phi) is 3.45. The van der Waals surface area contributed by atoms with Crippen LogP contribution in [0.5, 0.6) is 0 Å². The topological polar surface area (TPSA) is 0 Å². The molecule has 0 bridgehead atoms. The van der Waals surface area contributed by atoms with E-state index in [0.717, 1.165) is 5.92 Å². The molecule has 15 heavy (non-hydrogen) atoms. The lowest BCUT2D eigenvalue weighted by Gasteiger charge is -2.27. The summed E-state index contributed by atoms with van der Waals surface area (Å²) in [6.07, 6.45) is 8.00. The van der Waals surface area contributed by atoms with E-state index >= 15 is 0 Å². The van der Waals surface area contributed by atoms with Gasteiger partial charge in [0.25, 0.3) is 0 Å². The van der Waals surface area contributed by atoms with Gasteiger partial charge in [-0.25, -0.2) is 0 Å². The Labute approximate surface area is 93.7 Å². The molecule has 82 valence electrons. The average Bonchev–Trinajstić information content (AvgIpc) is 2.19. The molecule has 0 amide bonds. The van der Waals surface area contributed by atoms with Crippen molar-refractivity contribution in [1.82, 2.24) is 0 Å². The Morgan fingerprint density at radius 2 is 1.80 bits per heavy atom. The Balaban J connectivity index is 2.21. The molecule has 1 aromatic rings. The first-order valence-electron chi connectivity index (χ1n) is 6.47. The summed E-state index contributed by atoms with van der Waals surface area (Å²) in [5, 5.41) is 0. The Morgan fingerprint density at radius 3 is 2.33 bits per heavy atom. The number of benzene rings is 1. The van der Waals surface area contributed by atoms with Crippen molar-refractivity contribution >= 4 is 0 Å². The van der Waals surface area contributed by atoms with Crippen LogP contribution in [0.2, 0.25) is 0 Å². The number of rotatable bonds is 5. The van der Waals surface area contributed by atoms with Crippen LogP contribution in [0.15, 0.2) is 18.2 Å². The highest BCUT2D eigenvalue weighted by Gasteiger charge is 2.20. The van der Waals surface area contributed by atoms with Crippen LogP contribution >= 0.6 is 0 Å². The van der Waals surface area contributed by atoms with E-state index in [1.165, 1.54) is 38.5 Å². The summed E-state index contributed by atoms with van der Waals surface area (Å²) in [6, 6.07) is 6.93. The molecule has 0 radical (unpaired) electrons. The lowest BCUT2D eigenvalue weighted by Crippen LogP contribution is -2.14. The first kappa shape index (κ1) is 10.7. The molecule has 0 spiro atoms. The molecule has 0 aromatic heterocycles. The summed E-state index contributed by atoms with van der Waals surface area (Å²) in [6.45, 7) is 4.61. The van der Waals surface area contributed by atoms with Gasteiger partial charge < -0.3 is 0 Å². The minimum absolute atomic E-state index is 0.829. The molecular weight excluding hydrogens is 180 g/mol. The quantitative estimate of drug-likeness (QED) is 0.661. The number of aryl methyl sites for hydroxylation is 1. The highest BCUT2D eigenvalue weighted by molar-refractivity contribution is 5.43. The predicted octanol–water partition coefficient (Wildman–Crippen LogP) is 4.47. The Morgan fingerprint density at radius 1 is 1.07 bits per heavy atom. The summed E-state index contributed by atoms with van der Waals surface area (Å²) in [5.41, 5.74) is 4.97. The van der Waals surface area contributed by atoms with Crippen LogP contribution in [-0.4, -0.2) is 0 Å². The third kappa shape index (κ3) is 2.09. The van der Waals surface area contributed by atoms with Gasteiger partial charge in [-0.05, 0) is 48.3 Å². The summed E-state index contributed by atoms with van der Waals surface area (Å²) in [4.78, 5) is 0. The van der Waals surface area contributed by atoms with Gasteiger partial charge in [-0.2, -0.15) is 0 Å². The van der Waals surface area contributed by atoms with Gasteiger partial charge in [0.1, 0.15) is 0 Å². The second kappa shape index (κ2) is 4.83. The molecule has 0 nitrogen and oxygen atoms in total. The maximum absolute atomic E-state index is 2.37. The minimum atomic E-state index is 0.829. The van der Waals surface area contributed by atoms with Crippen molar-refractivity contribution in [3.05, 3.63) is 34.9 Å². The largest absolute Gasteiger partial charge is 0.0654 e. The first-order valence-corrected chi connectivity index (χ1v) is 6.47. The fourth-order valence-electron chi connectivity index (χ4n) is 2.81. The van der Waals surface area contributed by atoms with Crippen LogP contribution in [0.25, 0.3) is 0 Å². The first-order chi connectivity index (χ1) is 7.36. The van der Waals surface area contributed by atoms with Gasteiger partial charge in [-0.3, -0.25) is 0 Å². The fraction of sp³-hybridized carbons (Fsp3) is 0.600. The van der Waals surface area contributed by atoms with Crippen molar-refractivity contribution in [3.63, 3.8) is 0 Å². The molecule has 0 N–H and O–H groups in total. The van der Waals surface area contributed by atoms with E-state index in [2.05, 4.69) is 32.0 Å². The lowest BCUT2D eigenvalue weighted by atomic mass is 9.78. The number of hydrogen-bond acceptors (Lipinski definition) is 0. The molecule has 0 unspecified atom stereocenters. The van der Waals surface area contributed by atoms with Crippen LogP contribution in [-0.2, 0) is 12.8 Å². The Bertz CT molecular complexity index is 319. The van der Waals surface area contributed by atoms with Gasteiger partial charge in [0.2, 0.25) is 0 Å². The van der Waals surface area contributed by atoms with Crippen LogP contribution < -0.4 is 0 Å². The zero-order chi connectivity index (χ0) is 10.7. The van der Waals surface area contributed by atoms with Crippen molar-refractivity contribution in [3.8, 4) is 0 Å². The number of hydrogen-bond donors (Lipinski definition) is 0. The molecule has 0 saturated carbocycles. The van der Waals surface area contributed by atoms with E-state index in [9.17, 15) is 0 Å². The molecule has 0 heteroatoms. The molecule has 0 aliphatic heterocycles. The normalized spacial score (nSPS) is 13.8. The molecule has 0 saturated heterocycles. The maximum Gasteiger partial charge on any atom is -0.0159 e. The van der Waals surface area contributed by atoms with E-state index in [1.54, 1.807) is 16.7 Å². The lowest BCUT2D eigenvalue weighted by molar-refractivity contribution is 0.551. The molecular formula is C15H22. The highest BCUT2D eigenvalue weighted by Crippen LogP contribution is 2.35. The van der Waals surface area contributed by atoms with Crippen LogP contribution in [0.1, 0.15) is 62.1 Å². The van der Waals surface area contributed by atoms with Crippen molar-refractivity contribution in [2.24, 2.45) is 0 Å². The fourth-order valence-corrected chi connectivity index (χ4v) is 2.81. The summed E-state index contributed by atoms with van der Waals surface area (Å²) >= 11 is 0. The van der Waals surface area contributed by atoms with E-state index in [4.69, 9.17) is 0 Å². The molecule has 1 aliphatic carbocycles. The van der Waals surface area contributed by atoms with Gasteiger partial charge >= 0.3 is 0 Å². The van der Waals surface area contributed by atoms with Crippen molar-refractivity contribution in [2.45, 2.75) is 58.3 Å². The minimum Gasteiger partial charge on any atom is -0.0654 e. The van der Waals surface area contributed by atoms with Crippen molar-refractivity contribution in [1.29, 1.82) is 0 Å². The van der Waals surface area contributed by atoms with Crippen LogP contribution in [0, 0.1) is 0 Å².